The van der Waals surface area contributed by atoms with Crippen molar-refractivity contribution >= 4 is 10.9 Å². The van der Waals surface area contributed by atoms with Gasteiger partial charge in [-0.05, 0) is 18.6 Å². The summed E-state index contributed by atoms with van der Waals surface area (Å²) in [5.41, 5.74) is 0.616. The van der Waals surface area contributed by atoms with Crippen LogP contribution in [0.15, 0.2) is 30.5 Å². The van der Waals surface area contributed by atoms with Crippen LogP contribution in [-0.2, 0) is 0 Å². The van der Waals surface area contributed by atoms with E-state index in [1.54, 1.807) is 12.3 Å². The van der Waals surface area contributed by atoms with Crippen molar-refractivity contribution in [2.75, 3.05) is 6.61 Å². The lowest BCUT2D eigenvalue weighted by molar-refractivity contribution is 0.308. The summed E-state index contributed by atoms with van der Waals surface area (Å²) in [4.78, 5) is 4.11. The molecule has 16 heavy (non-hydrogen) atoms. The van der Waals surface area contributed by atoms with Gasteiger partial charge in [-0.25, -0.2) is 0 Å². The van der Waals surface area contributed by atoms with Gasteiger partial charge in [0, 0.05) is 17.6 Å². The highest BCUT2D eigenvalue weighted by atomic mass is 16.5. The van der Waals surface area contributed by atoms with E-state index in [1.807, 2.05) is 18.2 Å². The Hall–Kier alpha value is -1.77. The number of rotatable bonds is 4. The molecule has 3 nitrogen and oxygen atoms in total. The Bertz CT molecular complexity index is 482. The minimum Gasteiger partial charge on any atom is -0.506 e. The Morgan fingerprint density at radius 1 is 1.38 bits per heavy atom. The van der Waals surface area contributed by atoms with Gasteiger partial charge in [0.2, 0.25) is 0 Å². The van der Waals surface area contributed by atoms with Crippen LogP contribution in [0.3, 0.4) is 0 Å². The van der Waals surface area contributed by atoms with Crippen molar-refractivity contribution < 1.29 is 9.84 Å². The van der Waals surface area contributed by atoms with Crippen molar-refractivity contribution in [1.82, 2.24) is 4.98 Å². The van der Waals surface area contributed by atoms with Crippen LogP contribution in [0.4, 0.5) is 0 Å². The molecule has 0 aliphatic rings. The lowest BCUT2D eigenvalue weighted by Crippen LogP contribution is -1.96. The molecule has 84 valence electrons. The fourth-order valence-corrected chi connectivity index (χ4v) is 1.56. The quantitative estimate of drug-likeness (QED) is 0.800. The molecule has 0 radical (unpaired) electrons. The van der Waals surface area contributed by atoms with Crippen LogP contribution >= 0.6 is 0 Å². The summed E-state index contributed by atoms with van der Waals surface area (Å²) in [5.74, 6) is 0.871. The van der Waals surface area contributed by atoms with Crippen molar-refractivity contribution in [2.45, 2.75) is 19.8 Å². The number of ether oxygens (including phenoxy) is 1. The highest BCUT2D eigenvalue weighted by Gasteiger charge is 2.04. The normalized spacial score (nSPS) is 10.6. The Labute approximate surface area is 94.7 Å². The number of nitrogens with zero attached hydrogens (tertiary/aromatic N) is 1. The molecule has 3 heteroatoms. The second-order valence-corrected chi connectivity index (χ2v) is 3.72. The number of phenols is 1. The molecule has 0 saturated heterocycles. The maximum atomic E-state index is 9.77. The predicted molar refractivity (Wildman–Crippen MR) is 63.8 cm³/mol. The molecule has 2 aromatic rings. The first-order valence-electron chi connectivity index (χ1n) is 5.52. The lowest BCUT2D eigenvalue weighted by Gasteiger charge is -2.07. The van der Waals surface area contributed by atoms with E-state index in [9.17, 15) is 5.11 Å². The van der Waals surface area contributed by atoms with Crippen molar-refractivity contribution in [2.24, 2.45) is 0 Å². The average molecular weight is 217 g/mol. The Morgan fingerprint density at radius 3 is 3.06 bits per heavy atom. The first-order chi connectivity index (χ1) is 7.81. The third-order valence-electron chi connectivity index (χ3n) is 2.42. The highest BCUT2D eigenvalue weighted by Crippen LogP contribution is 2.28. The van der Waals surface area contributed by atoms with Crippen molar-refractivity contribution in [3.8, 4) is 11.5 Å². The number of unbranched alkanes of at least 4 members (excludes halogenated alkanes) is 1. The molecule has 0 atom stereocenters. The van der Waals surface area contributed by atoms with E-state index in [2.05, 4.69) is 11.9 Å². The van der Waals surface area contributed by atoms with Gasteiger partial charge in [0.15, 0.2) is 0 Å². The highest BCUT2D eigenvalue weighted by molar-refractivity contribution is 5.85. The molecule has 1 aromatic heterocycles. The first kappa shape index (κ1) is 10.7. The Morgan fingerprint density at radius 2 is 2.25 bits per heavy atom. The zero-order valence-corrected chi connectivity index (χ0v) is 9.31. The van der Waals surface area contributed by atoms with Gasteiger partial charge in [-0.2, -0.15) is 0 Å². The van der Waals surface area contributed by atoms with Crippen LogP contribution in [-0.4, -0.2) is 16.7 Å². The number of benzene rings is 1. The molecule has 0 aliphatic carbocycles. The van der Waals surface area contributed by atoms with Crippen molar-refractivity contribution in [1.29, 1.82) is 0 Å². The van der Waals surface area contributed by atoms with Gasteiger partial charge < -0.3 is 9.84 Å². The smallest absolute Gasteiger partial charge is 0.145 e. The molecule has 0 saturated carbocycles. The average Bonchev–Trinajstić information content (AvgIpc) is 2.30. The maximum absolute atomic E-state index is 9.77. The number of hydrogen-bond donors (Lipinski definition) is 1. The molecule has 0 spiro atoms. The summed E-state index contributed by atoms with van der Waals surface area (Å²) >= 11 is 0. The second kappa shape index (κ2) is 4.84. The van der Waals surface area contributed by atoms with Gasteiger partial charge in [-0.3, -0.25) is 4.98 Å². The fourth-order valence-electron chi connectivity index (χ4n) is 1.56. The molecule has 0 aliphatic heterocycles. The van der Waals surface area contributed by atoms with E-state index in [-0.39, 0.29) is 5.75 Å². The number of phenolic OH excluding ortho intramolecular Hbond substituents is 1. The summed E-state index contributed by atoms with van der Waals surface area (Å²) in [6.07, 6.45) is 3.78. The molecular formula is C13H15NO2. The summed E-state index contributed by atoms with van der Waals surface area (Å²) < 4.78 is 5.55. The third-order valence-corrected chi connectivity index (χ3v) is 2.42. The topological polar surface area (TPSA) is 42.4 Å². The number of fused-ring (bicyclic) bond motifs is 1. The SMILES string of the molecule is CCCCOc1cc(O)c2ncccc2c1. The third kappa shape index (κ3) is 2.24. The van der Waals surface area contributed by atoms with E-state index in [0.29, 0.717) is 17.9 Å². The van der Waals surface area contributed by atoms with E-state index in [4.69, 9.17) is 4.74 Å². The van der Waals surface area contributed by atoms with Gasteiger partial charge in [0.1, 0.15) is 17.0 Å². The molecule has 0 amide bonds. The molecule has 1 heterocycles. The Kier molecular flexibility index (Phi) is 3.25. The van der Waals surface area contributed by atoms with E-state index < -0.39 is 0 Å². The largest absolute Gasteiger partial charge is 0.506 e. The van der Waals surface area contributed by atoms with E-state index in [0.717, 1.165) is 18.2 Å². The summed E-state index contributed by atoms with van der Waals surface area (Å²) in [6.45, 7) is 2.80. The molecule has 0 unspecified atom stereocenters. The summed E-state index contributed by atoms with van der Waals surface area (Å²) in [6, 6.07) is 7.27. The van der Waals surface area contributed by atoms with Crippen LogP contribution < -0.4 is 4.74 Å². The van der Waals surface area contributed by atoms with Crippen molar-refractivity contribution in [3.63, 3.8) is 0 Å². The summed E-state index contributed by atoms with van der Waals surface area (Å²) in [7, 11) is 0. The monoisotopic (exact) mass is 217 g/mol. The van der Waals surface area contributed by atoms with Gasteiger partial charge in [-0.1, -0.05) is 19.4 Å². The van der Waals surface area contributed by atoms with Crippen LogP contribution in [0, 0.1) is 0 Å². The molecule has 0 fully saturated rings. The standard InChI is InChI=1S/C13H15NO2/c1-2-3-7-16-11-8-10-5-4-6-14-13(10)12(15)9-11/h4-6,8-9,15H,2-3,7H2,1H3. The van der Waals surface area contributed by atoms with Crippen molar-refractivity contribution in [3.05, 3.63) is 30.5 Å². The lowest BCUT2D eigenvalue weighted by atomic mass is 10.2. The number of hydrogen-bond acceptors (Lipinski definition) is 3. The minimum atomic E-state index is 0.171. The zero-order chi connectivity index (χ0) is 11.4. The number of aromatic hydroxyl groups is 1. The molecule has 1 aromatic carbocycles. The van der Waals surface area contributed by atoms with Crippen LogP contribution in [0.2, 0.25) is 0 Å². The fraction of sp³-hybridized carbons (Fsp3) is 0.308. The molecular weight excluding hydrogens is 202 g/mol. The van der Waals surface area contributed by atoms with E-state index in [1.165, 1.54) is 0 Å². The maximum Gasteiger partial charge on any atom is 0.145 e. The van der Waals surface area contributed by atoms with Gasteiger partial charge >= 0.3 is 0 Å². The minimum absolute atomic E-state index is 0.171. The molecule has 1 N–H and O–H groups in total. The van der Waals surface area contributed by atoms with Crippen LogP contribution in [0.1, 0.15) is 19.8 Å². The molecule has 0 bridgehead atoms. The van der Waals surface area contributed by atoms with Gasteiger partial charge in [-0.15, -0.1) is 0 Å². The van der Waals surface area contributed by atoms with E-state index >= 15 is 0 Å². The Balaban J connectivity index is 2.27. The molecule has 2 rings (SSSR count). The first-order valence-corrected chi connectivity index (χ1v) is 5.52. The van der Waals surface area contributed by atoms with Crippen LogP contribution in [0.25, 0.3) is 10.9 Å². The van der Waals surface area contributed by atoms with Crippen LogP contribution in [0.5, 0.6) is 11.5 Å². The summed E-state index contributed by atoms with van der Waals surface area (Å²) in [5, 5.41) is 10.7. The predicted octanol–water partition coefficient (Wildman–Crippen LogP) is 3.12. The second-order valence-electron chi connectivity index (χ2n) is 3.72. The van der Waals surface area contributed by atoms with Gasteiger partial charge in [0.25, 0.3) is 0 Å². The van der Waals surface area contributed by atoms with Gasteiger partial charge in [0.05, 0.1) is 6.61 Å². The number of pyridine rings is 1. The zero-order valence-electron chi connectivity index (χ0n) is 9.31. The number of aromatic nitrogens is 1.